The first-order valence-electron chi connectivity index (χ1n) is 11.3. The van der Waals surface area contributed by atoms with E-state index in [2.05, 4.69) is 25.8 Å². The number of amides is 1. The van der Waals surface area contributed by atoms with Crippen LogP contribution >= 0.6 is 0 Å². The molecule has 182 valence electrons. The van der Waals surface area contributed by atoms with Gasteiger partial charge in [0.2, 0.25) is 0 Å². The molecule has 1 aliphatic carbocycles. The molecule has 2 aromatic rings. The largest absolute Gasteiger partial charge is 0.416 e. The van der Waals surface area contributed by atoms with Crippen LogP contribution in [0, 0.1) is 5.92 Å². The summed E-state index contributed by atoms with van der Waals surface area (Å²) in [7, 11) is 1.92. The minimum absolute atomic E-state index is 0.0757. The second-order valence-corrected chi connectivity index (χ2v) is 10.8. The number of nitrogens with zero attached hydrogens (tertiary/aromatic N) is 3. The van der Waals surface area contributed by atoms with Crippen molar-refractivity contribution in [1.29, 1.82) is 0 Å². The van der Waals surface area contributed by atoms with Crippen LogP contribution in [-0.2, 0) is 31.6 Å². The number of carbonyl (C=O) groups excluding carboxylic acids is 1. The molecule has 0 unspecified atom stereocenters. The van der Waals surface area contributed by atoms with Crippen LogP contribution in [0.2, 0.25) is 0 Å². The molecule has 1 aromatic heterocycles. The summed E-state index contributed by atoms with van der Waals surface area (Å²) in [6.45, 7) is 10.2. The lowest BCUT2D eigenvalue weighted by Gasteiger charge is -2.20. The van der Waals surface area contributed by atoms with Gasteiger partial charge in [0.1, 0.15) is 0 Å². The summed E-state index contributed by atoms with van der Waals surface area (Å²) >= 11 is 0. The molecule has 5 nitrogen and oxygen atoms in total. The van der Waals surface area contributed by atoms with Crippen molar-refractivity contribution in [2.45, 2.75) is 84.0 Å². The second-order valence-electron chi connectivity index (χ2n) is 10.8. The van der Waals surface area contributed by atoms with Crippen LogP contribution in [0.1, 0.15) is 81.1 Å². The molecule has 8 heteroatoms. The minimum Gasteiger partial charge on any atom is -0.390 e. The highest BCUT2D eigenvalue weighted by molar-refractivity contribution is 5.96. The van der Waals surface area contributed by atoms with Gasteiger partial charge in [0.25, 0.3) is 5.91 Å². The molecule has 0 aliphatic heterocycles. The summed E-state index contributed by atoms with van der Waals surface area (Å²) in [5.41, 5.74) is -0.277. The third-order valence-electron chi connectivity index (χ3n) is 6.03. The van der Waals surface area contributed by atoms with Gasteiger partial charge in [-0.05, 0) is 63.1 Å². The van der Waals surface area contributed by atoms with Gasteiger partial charge in [-0.15, -0.1) is 0 Å². The van der Waals surface area contributed by atoms with Gasteiger partial charge in [-0.1, -0.05) is 26.8 Å². The Bertz CT molecular complexity index is 1090. The zero-order valence-electron chi connectivity index (χ0n) is 20.3. The van der Waals surface area contributed by atoms with Crippen molar-refractivity contribution < 1.29 is 23.1 Å². The van der Waals surface area contributed by atoms with Gasteiger partial charge >= 0.3 is 6.18 Å². The third kappa shape index (κ3) is 6.37. The predicted octanol–water partition coefficient (Wildman–Crippen LogP) is 5.00. The summed E-state index contributed by atoms with van der Waals surface area (Å²) in [5, 5.41) is 10.1. The van der Waals surface area contributed by atoms with Crippen molar-refractivity contribution in [3.63, 3.8) is 0 Å². The molecule has 1 aliphatic rings. The molecule has 1 aromatic carbocycles. The highest BCUT2D eigenvalue weighted by Gasteiger charge is 2.32. The van der Waals surface area contributed by atoms with Crippen LogP contribution in [0.5, 0.6) is 0 Å². The number of aryl methyl sites for hydroxylation is 1. The zero-order valence-corrected chi connectivity index (χ0v) is 20.3. The maximum atomic E-state index is 13.4. The fraction of sp³-hybridized carbons (Fsp3) is 0.600. The van der Waals surface area contributed by atoms with Gasteiger partial charge in [0, 0.05) is 36.3 Å². The highest BCUT2D eigenvalue weighted by Crippen LogP contribution is 2.32. The molecule has 0 bridgehead atoms. The Hall–Kier alpha value is -2.35. The van der Waals surface area contributed by atoms with Crippen LogP contribution in [0.25, 0.3) is 0 Å². The quantitative estimate of drug-likeness (QED) is 0.653. The SMILES string of the molecule is Cn1c(C(C)(C)C)c/c(=N\C(=O)c2cc(C(F)(F)F)ccc2CCC(C)(C)O)n1CC1CC1. The smallest absolute Gasteiger partial charge is 0.390 e. The molecule has 33 heavy (non-hydrogen) atoms. The Morgan fingerprint density at radius 1 is 1.12 bits per heavy atom. The lowest BCUT2D eigenvalue weighted by atomic mass is 9.92. The number of carbonyl (C=O) groups is 1. The summed E-state index contributed by atoms with van der Waals surface area (Å²) in [6.07, 6.45) is -1.76. The van der Waals surface area contributed by atoms with Gasteiger partial charge in [-0.3, -0.25) is 14.2 Å². The van der Waals surface area contributed by atoms with Crippen molar-refractivity contribution >= 4 is 5.91 Å². The normalized spacial score (nSPS) is 15.9. The fourth-order valence-corrected chi connectivity index (χ4v) is 3.90. The van der Waals surface area contributed by atoms with E-state index in [0.29, 0.717) is 29.9 Å². The van der Waals surface area contributed by atoms with Crippen LogP contribution in [-0.4, -0.2) is 26.0 Å². The Balaban J connectivity index is 2.10. The maximum absolute atomic E-state index is 13.4. The predicted molar refractivity (Wildman–Crippen MR) is 121 cm³/mol. The topological polar surface area (TPSA) is 59.5 Å². The number of aromatic nitrogens is 2. The maximum Gasteiger partial charge on any atom is 0.416 e. The molecule has 0 atom stereocenters. The summed E-state index contributed by atoms with van der Waals surface area (Å²) < 4.78 is 44.1. The number of hydrogen-bond acceptors (Lipinski definition) is 2. The van der Waals surface area contributed by atoms with E-state index in [-0.39, 0.29) is 17.4 Å². The van der Waals surface area contributed by atoms with Gasteiger partial charge in [-0.2, -0.15) is 18.2 Å². The lowest BCUT2D eigenvalue weighted by molar-refractivity contribution is -0.137. The number of alkyl halides is 3. The molecule has 0 radical (unpaired) electrons. The van der Waals surface area contributed by atoms with Crippen LogP contribution in [0.4, 0.5) is 13.2 Å². The van der Waals surface area contributed by atoms with E-state index >= 15 is 0 Å². The van der Waals surface area contributed by atoms with E-state index in [0.717, 1.165) is 30.7 Å². The Kier molecular flexibility index (Phi) is 6.72. The van der Waals surface area contributed by atoms with E-state index in [1.165, 1.54) is 6.07 Å². The van der Waals surface area contributed by atoms with E-state index < -0.39 is 23.2 Å². The Labute approximate surface area is 192 Å². The Morgan fingerprint density at radius 3 is 2.27 bits per heavy atom. The number of halogens is 3. The van der Waals surface area contributed by atoms with E-state index in [1.54, 1.807) is 13.8 Å². The van der Waals surface area contributed by atoms with Gasteiger partial charge < -0.3 is 5.11 Å². The van der Waals surface area contributed by atoms with E-state index in [9.17, 15) is 23.1 Å². The standard InChI is InChI=1S/C25H34F3N3O2/c1-23(2,3)20-14-21(31(30(20)6)15-16-7-8-16)29-22(32)19-13-18(25(26,27)28)10-9-17(19)11-12-24(4,5)33/h9-10,13-14,16,33H,7-8,11-12,15H2,1-6H3/b29-21+. The van der Waals surface area contributed by atoms with Crippen LogP contribution in [0.3, 0.4) is 0 Å². The van der Waals surface area contributed by atoms with E-state index in [1.807, 2.05) is 22.5 Å². The van der Waals surface area contributed by atoms with Crippen LogP contribution in [0.15, 0.2) is 29.3 Å². The van der Waals surface area contributed by atoms with Gasteiger partial charge in [0.15, 0.2) is 5.49 Å². The average Bonchev–Trinajstić information content (AvgIpc) is 3.43. The van der Waals surface area contributed by atoms with Crippen molar-refractivity contribution in [1.82, 2.24) is 9.36 Å². The Morgan fingerprint density at radius 2 is 1.76 bits per heavy atom. The fourth-order valence-electron chi connectivity index (χ4n) is 3.90. The zero-order chi connectivity index (χ0) is 24.8. The van der Waals surface area contributed by atoms with Crippen molar-refractivity contribution in [2.24, 2.45) is 18.0 Å². The third-order valence-corrected chi connectivity index (χ3v) is 6.03. The number of aliphatic hydroxyl groups is 1. The van der Waals surface area contributed by atoms with Crippen molar-refractivity contribution in [3.05, 3.63) is 52.1 Å². The van der Waals surface area contributed by atoms with E-state index in [4.69, 9.17) is 0 Å². The van der Waals surface area contributed by atoms with Crippen molar-refractivity contribution in [3.8, 4) is 0 Å². The van der Waals surface area contributed by atoms with Crippen LogP contribution < -0.4 is 5.49 Å². The number of hydrogen-bond donors (Lipinski definition) is 1. The molecule has 1 heterocycles. The molecule has 0 saturated heterocycles. The summed E-state index contributed by atoms with van der Waals surface area (Å²) in [6, 6.07) is 5.03. The molecular weight excluding hydrogens is 431 g/mol. The first-order valence-corrected chi connectivity index (χ1v) is 11.3. The molecule has 1 amide bonds. The average molecular weight is 466 g/mol. The molecular formula is C25H34F3N3O2. The number of benzene rings is 1. The summed E-state index contributed by atoms with van der Waals surface area (Å²) in [4.78, 5) is 17.6. The second kappa shape index (κ2) is 8.78. The summed E-state index contributed by atoms with van der Waals surface area (Å²) in [5.74, 6) is -0.182. The van der Waals surface area contributed by atoms with Gasteiger partial charge in [-0.25, -0.2) is 0 Å². The monoisotopic (exact) mass is 465 g/mol. The molecule has 3 rings (SSSR count). The van der Waals surface area contributed by atoms with Gasteiger partial charge in [0.05, 0.1) is 11.2 Å². The first kappa shape index (κ1) is 25.3. The molecule has 1 fully saturated rings. The lowest BCUT2D eigenvalue weighted by Crippen LogP contribution is -2.26. The first-order chi connectivity index (χ1) is 15.1. The number of rotatable bonds is 6. The highest BCUT2D eigenvalue weighted by atomic mass is 19.4. The molecule has 0 spiro atoms. The minimum atomic E-state index is -4.57. The molecule has 1 N–H and O–H groups in total. The molecule has 1 saturated carbocycles. The van der Waals surface area contributed by atoms with Crippen molar-refractivity contribution in [2.75, 3.05) is 0 Å².